The van der Waals surface area contributed by atoms with E-state index in [1.54, 1.807) is 12.1 Å². The first-order chi connectivity index (χ1) is 31.2. The molecule has 0 spiro atoms. The van der Waals surface area contributed by atoms with Crippen LogP contribution < -0.4 is 21.3 Å². The van der Waals surface area contributed by atoms with Crippen LogP contribution in [0.1, 0.15) is 59.5 Å². The van der Waals surface area contributed by atoms with Crippen molar-refractivity contribution in [3.8, 4) is 0 Å². The summed E-state index contributed by atoms with van der Waals surface area (Å²) in [6.07, 6.45) is 0.703. The lowest BCUT2D eigenvalue weighted by Gasteiger charge is -2.19. The lowest BCUT2D eigenvalue weighted by atomic mass is 10.0. The van der Waals surface area contributed by atoms with Crippen molar-refractivity contribution in [3.63, 3.8) is 0 Å². The third kappa shape index (κ3) is 12.6. The maximum atomic E-state index is 13.7. The Balaban J connectivity index is 1.32. The normalized spacial score (nSPS) is 12.2. The van der Waals surface area contributed by atoms with Gasteiger partial charge in [-0.25, -0.2) is 0 Å². The maximum absolute atomic E-state index is 13.7. The Morgan fingerprint density at radius 1 is 0.500 bits per heavy atom. The molecule has 0 saturated carbocycles. The Labute approximate surface area is 417 Å². The standard InChI is InChI=1S/C44H34Cl8N8O6/c1-5-21-13-25(53-43(65)36(19(3)61)59-57-32-11-7-9-26(34(32)51)41(63)55-39-28(47)15-23(45)16-29(39)48)14-22(6-2)38(21)54-44(66)37(20(4)62)60-58-33-12-8-10-27(35(33)52)42(64)56-40-30(49)17-24(46)18-31(40)50/h7-18,36-37H,5-6H2,1-4H3,(H,53,65)(H,54,66)(H,55,63)(H,56,64). The zero-order valence-electron chi connectivity index (χ0n) is 34.8. The summed E-state index contributed by atoms with van der Waals surface area (Å²) in [7, 11) is 0. The van der Waals surface area contributed by atoms with E-state index in [4.69, 9.17) is 92.8 Å². The number of rotatable bonds is 16. The molecule has 0 bridgehead atoms. The molecule has 0 aliphatic heterocycles. The van der Waals surface area contributed by atoms with Crippen molar-refractivity contribution < 1.29 is 28.8 Å². The molecular weight excluding hydrogens is 1020 g/mol. The maximum Gasteiger partial charge on any atom is 0.258 e. The zero-order chi connectivity index (χ0) is 48.6. The van der Waals surface area contributed by atoms with Crippen LogP contribution in [0.3, 0.4) is 0 Å². The third-order valence-corrected chi connectivity index (χ3v) is 11.8. The first kappa shape index (κ1) is 51.8. The number of carbonyl (C=O) groups is 6. The van der Waals surface area contributed by atoms with Crippen LogP contribution in [0.15, 0.2) is 93.3 Å². The van der Waals surface area contributed by atoms with E-state index in [9.17, 15) is 28.8 Å². The van der Waals surface area contributed by atoms with E-state index in [2.05, 4.69) is 41.7 Å². The molecule has 342 valence electrons. The van der Waals surface area contributed by atoms with Crippen molar-refractivity contribution in [2.45, 2.75) is 52.6 Å². The van der Waals surface area contributed by atoms with E-state index < -0.39 is 47.3 Å². The van der Waals surface area contributed by atoms with Gasteiger partial charge < -0.3 is 21.3 Å². The summed E-state index contributed by atoms with van der Waals surface area (Å²) >= 11 is 49.9. The topological polar surface area (TPSA) is 200 Å². The molecule has 0 radical (unpaired) electrons. The van der Waals surface area contributed by atoms with Gasteiger partial charge in [0.1, 0.15) is 11.4 Å². The molecule has 22 heteroatoms. The van der Waals surface area contributed by atoms with Gasteiger partial charge in [-0.1, -0.05) is 119 Å². The number of ketones is 2. The zero-order valence-corrected chi connectivity index (χ0v) is 40.8. The molecule has 5 aromatic carbocycles. The minimum atomic E-state index is -1.63. The summed E-state index contributed by atoms with van der Waals surface area (Å²) in [5, 5.41) is 27.3. The van der Waals surface area contributed by atoms with Crippen molar-refractivity contribution in [1.29, 1.82) is 0 Å². The number of benzene rings is 5. The van der Waals surface area contributed by atoms with Gasteiger partial charge in [-0.2, -0.15) is 20.5 Å². The van der Waals surface area contributed by atoms with Gasteiger partial charge in [0, 0.05) is 21.4 Å². The van der Waals surface area contributed by atoms with Crippen molar-refractivity contribution in [3.05, 3.63) is 135 Å². The minimum absolute atomic E-state index is 0.0191. The molecule has 5 aromatic rings. The molecule has 5 rings (SSSR count). The number of nitrogens with one attached hydrogen (secondary N) is 4. The number of hydrogen-bond acceptors (Lipinski definition) is 10. The van der Waals surface area contributed by atoms with Crippen LogP contribution in [0.5, 0.6) is 0 Å². The lowest BCUT2D eigenvalue weighted by Crippen LogP contribution is -2.33. The number of hydrogen-bond donors (Lipinski definition) is 4. The van der Waals surface area contributed by atoms with Gasteiger partial charge in [0.05, 0.1) is 52.6 Å². The monoisotopic (exact) mass is 1050 g/mol. The average molecular weight is 1050 g/mol. The highest BCUT2D eigenvalue weighted by molar-refractivity contribution is 6.44. The van der Waals surface area contributed by atoms with E-state index in [0.717, 1.165) is 13.8 Å². The highest BCUT2D eigenvalue weighted by atomic mass is 35.5. The predicted octanol–water partition coefficient (Wildman–Crippen LogP) is 13.9. The Bertz CT molecular complexity index is 2790. The number of amides is 4. The Morgan fingerprint density at radius 3 is 1.21 bits per heavy atom. The van der Waals surface area contributed by atoms with Crippen molar-refractivity contribution in [1.82, 2.24) is 0 Å². The molecule has 2 unspecified atom stereocenters. The largest absolute Gasteiger partial charge is 0.324 e. The summed E-state index contributed by atoms with van der Waals surface area (Å²) in [5.74, 6) is -4.34. The second-order valence-electron chi connectivity index (χ2n) is 14.0. The predicted molar refractivity (Wildman–Crippen MR) is 262 cm³/mol. The van der Waals surface area contributed by atoms with Gasteiger partial charge in [0.2, 0.25) is 12.1 Å². The number of carbonyl (C=O) groups excluding carboxylic acids is 6. The summed E-state index contributed by atoms with van der Waals surface area (Å²) in [5.41, 5.74) is 1.84. The molecule has 14 nitrogen and oxygen atoms in total. The van der Waals surface area contributed by atoms with E-state index in [0.29, 0.717) is 29.7 Å². The van der Waals surface area contributed by atoms with Crippen molar-refractivity contribution in [2.24, 2.45) is 20.5 Å². The van der Waals surface area contributed by atoms with Crippen LogP contribution in [-0.4, -0.2) is 47.3 Å². The Hall–Kier alpha value is -5.16. The third-order valence-electron chi connectivity index (χ3n) is 9.34. The molecule has 0 saturated heterocycles. The lowest BCUT2D eigenvalue weighted by molar-refractivity contribution is -0.127. The second kappa shape index (κ2) is 23.0. The number of Topliss-reactive ketones (excluding diaryl/α,β-unsaturated/α-hetero) is 2. The molecule has 0 heterocycles. The van der Waals surface area contributed by atoms with Crippen LogP contribution in [0.2, 0.25) is 40.2 Å². The molecule has 2 atom stereocenters. The van der Waals surface area contributed by atoms with Crippen LogP contribution in [0.25, 0.3) is 0 Å². The van der Waals surface area contributed by atoms with E-state index >= 15 is 0 Å². The molecule has 0 aliphatic carbocycles. The number of aryl methyl sites for hydroxylation is 2. The Morgan fingerprint density at radius 2 is 0.864 bits per heavy atom. The molecule has 4 amide bonds. The highest BCUT2D eigenvalue weighted by Gasteiger charge is 2.28. The number of anilines is 4. The van der Waals surface area contributed by atoms with E-state index in [1.807, 2.05) is 13.8 Å². The minimum Gasteiger partial charge on any atom is -0.324 e. The number of azo groups is 2. The van der Waals surface area contributed by atoms with Crippen LogP contribution >= 0.6 is 92.8 Å². The quantitative estimate of drug-likeness (QED) is 0.0559. The number of nitrogens with zero attached hydrogens (tertiary/aromatic N) is 4. The van der Waals surface area contributed by atoms with E-state index in [1.165, 1.54) is 60.7 Å². The van der Waals surface area contributed by atoms with Gasteiger partial charge >= 0.3 is 0 Å². The summed E-state index contributed by atoms with van der Waals surface area (Å²) in [4.78, 5) is 79.1. The van der Waals surface area contributed by atoms with Gasteiger partial charge in [-0.15, -0.1) is 0 Å². The molecule has 0 fully saturated rings. The molecular formula is C44H34Cl8N8O6. The van der Waals surface area contributed by atoms with Crippen molar-refractivity contribution in [2.75, 3.05) is 21.3 Å². The SMILES string of the molecule is CCc1cc(NC(=O)C(N=Nc2cccc(C(=O)Nc3c(Cl)cc(Cl)cc3Cl)c2Cl)C(C)=O)cc(CC)c1NC(=O)C(N=Nc1cccc(C(=O)Nc2c(Cl)cc(Cl)cc2Cl)c1Cl)C(C)=O. The van der Waals surface area contributed by atoms with Gasteiger partial charge in [-0.3, -0.25) is 28.8 Å². The smallest absolute Gasteiger partial charge is 0.258 e. The van der Waals surface area contributed by atoms with E-state index in [-0.39, 0.29) is 79.7 Å². The van der Waals surface area contributed by atoms with Crippen LogP contribution in [0, 0.1) is 0 Å². The summed E-state index contributed by atoms with van der Waals surface area (Å²) in [6.45, 7) is 5.93. The molecule has 4 N–H and O–H groups in total. The molecule has 0 aliphatic rings. The first-order valence-electron chi connectivity index (χ1n) is 19.3. The fourth-order valence-corrected chi connectivity index (χ4v) is 8.39. The first-order valence-corrected chi connectivity index (χ1v) is 22.4. The van der Waals surface area contributed by atoms with Gasteiger partial charge in [0.25, 0.3) is 23.6 Å². The fraction of sp³-hybridized carbons (Fsp3) is 0.182. The van der Waals surface area contributed by atoms with Crippen LogP contribution in [0.4, 0.5) is 34.1 Å². The van der Waals surface area contributed by atoms with Gasteiger partial charge in [-0.05, 0) is 98.5 Å². The summed E-state index contributed by atoms with van der Waals surface area (Å²) in [6, 6.07) is 14.1. The van der Waals surface area contributed by atoms with Gasteiger partial charge in [0.15, 0.2) is 11.6 Å². The number of halogens is 8. The average Bonchev–Trinajstić information content (AvgIpc) is 3.24. The Kier molecular flexibility index (Phi) is 18.1. The molecule has 0 aromatic heterocycles. The highest BCUT2D eigenvalue weighted by Crippen LogP contribution is 2.38. The van der Waals surface area contributed by atoms with Crippen molar-refractivity contribution >= 4 is 162 Å². The molecule has 66 heavy (non-hydrogen) atoms. The van der Waals surface area contributed by atoms with Crippen LogP contribution in [-0.2, 0) is 32.0 Å². The fourth-order valence-electron chi connectivity index (χ4n) is 6.07. The second-order valence-corrected chi connectivity index (χ2v) is 17.2. The summed E-state index contributed by atoms with van der Waals surface area (Å²) < 4.78 is 0.